The Bertz CT molecular complexity index is 212. The van der Waals surface area contributed by atoms with E-state index in [0.29, 0.717) is 19.6 Å². The average molecular weight is 246 g/mol. The van der Waals surface area contributed by atoms with Crippen molar-refractivity contribution in [3.05, 3.63) is 0 Å². The van der Waals surface area contributed by atoms with Crippen LogP contribution in [0.1, 0.15) is 33.1 Å². The molecular weight excluding hydrogens is 220 g/mol. The van der Waals surface area contributed by atoms with Gasteiger partial charge >= 0.3 is 0 Å². The van der Waals surface area contributed by atoms with Crippen LogP contribution in [-0.2, 0) is 14.3 Å². The van der Waals surface area contributed by atoms with Crippen LogP contribution in [0.2, 0.25) is 0 Å². The van der Waals surface area contributed by atoms with Crippen LogP contribution in [0.3, 0.4) is 0 Å². The van der Waals surface area contributed by atoms with Gasteiger partial charge in [0.15, 0.2) is 0 Å². The van der Waals surface area contributed by atoms with Gasteiger partial charge in [0.1, 0.15) is 0 Å². The lowest BCUT2D eigenvalue weighted by Crippen LogP contribution is -2.53. The molecule has 5 heteroatoms. The molecule has 0 rings (SSSR count). The van der Waals surface area contributed by atoms with E-state index >= 15 is 0 Å². The van der Waals surface area contributed by atoms with Gasteiger partial charge in [-0.25, -0.2) is 0 Å². The number of primary amides is 1. The maximum Gasteiger partial charge on any atom is 0.237 e. The molecule has 0 aromatic rings. The van der Waals surface area contributed by atoms with Crippen LogP contribution in [0.25, 0.3) is 0 Å². The van der Waals surface area contributed by atoms with Crippen LogP contribution in [0, 0.1) is 0 Å². The molecule has 0 saturated heterocycles. The van der Waals surface area contributed by atoms with E-state index in [4.69, 9.17) is 15.2 Å². The molecule has 0 fully saturated rings. The first-order chi connectivity index (χ1) is 8.06. The second-order valence-corrected chi connectivity index (χ2v) is 4.29. The van der Waals surface area contributed by atoms with E-state index in [2.05, 4.69) is 5.32 Å². The van der Waals surface area contributed by atoms with Crippen LogP contribution < -0.4 is 11.1 Å². The highest BCUT2D eigenvalue weighted by molar-refractivity contribution is 5.84. The predicted octanol–water partition coefficient (Wildman–Crippen LogP) is 0.673. The molecule has 0 heterocycles. The molecule has 1 amide bonds. The normalized spacial score (nSPS) is 14.5. The van der Waals surface area contributed by atoms with Gasteiger partial charge in [0.25, 0.3) is 0 Å². The molecule has 1 atom stereocenters. The second kappa shape index (κ2) is 9.39. The lowest BCUT2D eigenvalue weighted by molar-refractivity contribution is -0.124. The number of hydrogen-bond donors (Lipinski definition) is 2. The lowest BCUT2D eigenvalue weighted by Gasteiger charge is -2.26. The predicted molar refractivity (Wildman–Crippen MR) is 67.8 cm³/mol. The number of methoxy groups -OCH3 is 1. The third kappa shape index (κ3) is 7.31. The molecule has 0 radical (unpaired) electrons. The summed E-state index contributed by atoms with van der Waals surface area (Å²) in [5, 5.41) is 3.12. The zero-order valence-electron chi connectivity index (χ0n) is 11.3. The number of hydrogen-bond acceptors (Lipinski definition) is 4. The van der Waals surface area contributed by atoms with Crippen molar-refractivity contribution >= 4 is 5.91 Å². The standard InChI is InChI=1S/C12H26N2O3/c1-4-14-12(2,11(13)15)7-5-9-17-10-6-8-16-3/h14H,4-10H2,1-3H3,(H2,13,15). The topological polar surface area (TPSA) is 73.6 Å². The van der Waals surface area contributed by atoms with Crippen LogP contribution in [0.5, 0.6) is 0 Å². The fourth-order valence-corrected chi connectivity index (χ4v) is 1.62. The van der Waals surface area contributed by atoms with Crippen molar-refractivity contribution in [1.29, 1.82) is 0 Å². The van der Waals surface area contributed by atoms with Gasteiger partial charge < -0.3 is 20.5 Å². The molecule has 17 heavy (non-hydrogen) atoms. The molecule has 0 aromatic carbocycles. The monoisotopic (exact) mass is 246 g/mol. The summed E-state index contributed by atoms with van der Waals surface area (Å²) in [6, 6.07) is 0. The van der Waals surface area contributed by atoms with Crippen molar-refractivity contribution in [1.82, 2.24) is 5.32 Å². The van der Waals surface area contributed by atoms with E-state index in [1.807, 2.05) is 13.8 Å². The average Bonchev–Trinajstić information content (AvgIpc) is 2.28. The van der Waals surface area contributed by atoms with Crippen molar-refractivity contribution in [2.45, 2.75) is 38.6 Å². The van der Waals surface area contributed by atoms with E-state index in [-0.39, 0.29) is 5.91 Å². The van der Waals surface area contributed by atoms with Crippen LogP contribution in [-0.4, -0.2) is 44.9 Å². The van der Waals surface area contributed by atoms with Crippen molar-refractivity contribution in [3.8, 4) is 0 Å². The minimum atomic E-state index is -0.620. The number of likely N-dealkylation sites (N-methyl/N-ethyl adjacent to an activating group) is 1. The van der Waals surface area contributed by atoms with Crippen molar-refractivity contribution in [2.75, 3.05) is 33.5 Å². The van der Waals surface area contributed by atoms with Crippen molar-refractivity contribution in [3.63, 3.8) is 0 Å². The third-order valence-electron chi connectivity index (χ3n) is 2.71. The summed E-state index contributed by atoms with van der Waals surface area (Å²) in [6.07, 6.45) is 2.41. The van der Waals surface area contributed by atoms with E-state index in [9.17, 15) is 4.79 Å². The number of nitrogens with two attached hydrogens (primary N) is 1. The number of amides is 1. The fourth-order valence-electron chi connectivity index (χ4n) is 1.62. The maximum atomic E-state index is 11.3. The largest absolute Gasteiger partial charge is 0.385 e. The first-order valence-electron chi connectivity index (χ1n) is 6.18. The van der Waals surface area contributed by atoms with Crippen LogP contribution in [0.15, 0.2) is 0 Å². The zero-order chi connectivity index (χ0) is 13.1. The van der Waals surface area contributed by atoms with Crippen molar-refractivity contribution in [2.24, 2.45) is 5.73 Å². The fraction of sp³-hybridized carbons (Fsp3) is 0.917. The van der Waals surface area contributed by atoms with Gasteiger partial charge in [-0.3, -0.25) is 4.79 Å². The first kappa shape index (κ1) is 16.4. The number of rotatable bonds is 11. The summed E-state index contributed by atoms with van der Waals surface area (Å²) < 4.78 is 10.3. The quantitative estimate of drug-likeness (QED) is 0.526. The van der Waals surface area contributed by atoms with Crippen LogP contribution >= 0.6 is 0 Å². The number of carbonyl (C=O) groups is 1. The maximum absolute atomic E-state index is 11.3. The molecule has 0 bridgehead atoms. The Labute approximate surface area is 104 Å². The van der Waals surface area contributed by atoms with Gasteiger partial charge in [0.05, 0.1) is 5.54 Å². The molecular formula is C12H26N2O3. The third-order valence-corrected chi connectivity index (χ3v) is 2.71. The first-order valence-corrected chi connectivity index (χ1v) is 6.18. The minimum Gasteiger partial charge on any atom is -0.385 e. The highest BCUT2D eigenvalue weighted by Crippen LogP contribution is 2.11. The SMILES string of the molecule is CCNC(C)(CCCOCCCOC)C(N)=O. The Morgan fingerprint density at radius 1 is 1.29 bits per heavy atom. The summed E-state index contributed by atoms with van der Waals surface area (Å²) >= 11 is 0. The lowest BCUT2D eigenvalue weighted by atomic mass is 9.95. The Morgan fingerprint density at radius 2 is 1.94 bits per heavy atom. The molecule has 3 N–H and O–H groups in total. The molecule has 0 aromatic heterocycles. The Balaban J connectivity index is 3.65. The Hall–Kier alpha value is -0.650. The summed E-state index contributed by atoms with van der Waals surface area (Å²) in [4.78, 5) is 11.3. The molecule has 1 unspecified atom stereocenters. The summed E-state index contributed by atoms with van der Waals surface area (Å²) in [7, 11) is 1.68. The summed E-state index contributed by atoms with van der Waals surface area (Å²) in [5.41, 5.74) is 4.76. The van der Waals surface area contributed by atoms with Gasteiger partial charge in [-0.15, -0.1) is 0 Å². The molecule has 102 valence electrons. The highest BCUT2D eigenvalue weighted by Gasteiger charge is 2.28. The zero-order valence-corrected chi connectivity index (χ0v) is 11.3. The number of ether oxygens (including phenoxy) is 2. The van der Waals surface area contributed by atoms with Gasteiger partial charge in [-0.2, -0.15) is 0 Å². The van der Waals surface area contributed by atoms with E-state index in [1.54, 1.807) is 7.11 Å². The van der Waals surface area contributed by atoms with Gasteiger partial charge in [-0.05, 0) is 32.7 Å². The van der Waals surface area contributed by atoms with Gasteiger partial charge in [0.2, 0.25) is 5.91 Å². The molecule has 0 aliphatic rings. The number of nitrogens with one attached hydrogen (secondary N) is 1. The van der Waals surface area contributed by atoms with E-state index in [1.165, 1.54) is 0 Å². The minimum absolute atomic E-state index is 0.307. The molecule has 0 saturated carbocycles. The van der Waals surface area contributed by atoms with Crippen LogP contribution in [0.4, 0.5) is 0 Å². The molecule has 0 aliphatic carbocycles. The van der Waals surface area contributed by atoms with E-state index in [0.717, 1.165) is 26.0 Å². The van der Waals surface area contributed by atoms with E-state index < -0.39 is 5.54 Å². The highest BCUT2D eigenvalue weighted by atomic mass is 16.5. The summed E-state index contributed by atoms with van der Waals surface area (Å²) in [5.74, 6) is -0.307. The second-order valence-electron chi connectivity index (χ2n) is 4.29. The molecule has 0 spiro atoms. The number of carbonyl (C=O) groups excluding carboxylic acids is 1. The molecule has 0 aliphatic heterocycles. The summed E-state index contributed by atoms with van der Waals surface area (Å²) in [6.45, 7) is 6.59. The Kier molecular flexibility index (Phi) is 9.03. The van der Waals surface area contributed by atoms with Crippen molar-refractivity contribution < 1.29 is 14.3 Å². The smallest absolute Gasteiger partial charge is 0.237 e. The van der Waals surface area contributed by atoms with Gasteiger partial charge in [-0.1, -0.05) is 6.92 Å². The Morgan fingerprint density at radius 3 is 2.47 bits per heavy atom. The molecule has 5 nitrogen and oxygen atoms in total. The van der Waals surface area contributed by atoms with Gasteiger partial charge in [0, 0.05) is 26.9 Å².